The highest BCUT2D eigenvalue weighted by atomic mass is 32.2. The fourth-order valence-electron chi connectivity index (χ4n) is 6.51. The lowest BCUT2D eigenvalue weighted by Gasteiger charge is -2.22. The maximum atomic E-state index is 12.8. The third-order valence-corrected chi connectivity index (χ3v) is 13.7. The molecule has 0 bridgehead atoms. The van der Waals surface area contributed by atoms with Crippen molar-refractivity contribution in [1.29, 1.82) is 0 Å². The SMILES string of the molecule is O=S(=O)(O)c1ccc(SOOO)c(Nc2nc(Nc3ccc(/C=C/c4ccc(Nc5nc(Nc6cc(SOOO)ccc6S(=O)(=O)O)nc(N(CCO)CCO)n5)cc4)c(S(=O)(=O)O)c3)nc(N(CCO)CCO)n2)c1. The van der Waals surface area contributed by atoms with Crippen LogP contribution in [0, 0.1) is 0 Å². The summed E-state index contributed by atoms with van der Waals surface area (Å²) in [5, 5.41) is 74.7. The molecule has 0 amide bonds. The first-order valence-electron chi connectivity index (χ1n) is 21.2. The summed E-state index contributed by atoms with van der Waals surface area (Å²) >= 11 is 0.913. The molecule has 0 unspecified atom stereocenters. The van der Waals surface area contributed by atoms with Gasteiger partial charge in [0.1, 0.15) is 9.79 Å². The highest BCUT2D eigenvalue weighted by molar-refractivity contribution is 7.95. The molecule has 36 heteroatoms. The quantitative estimate of drug-likeness (QED) is 0.0105. The molecule has 0 aliphatic rings. The minimum absolute atomic E-state index is 0.0158. The summed E-state index contributed by atoms with van der Waals surface area (Å²) in [7, 11) is -14.5. The van der Waals surface area contributed by atoms with E-state index in [0.29, 0.717) is 35.3 Å². The normalized spacial score (nSPS) is 12.0. The Morgan fingerprint density at radius 1 is 0.500 bits per heavy atom. The van der Waals surface area contributed by atoms with Crippen LogP contribution in [0.1, 0.15) is 11.1 Å². The Morgan fingerprint density at radius 3 is 1.51 bits per heavy atom. The van der Waals surface area contributed by atoms with E-state index < -0.39 is 58.3 Å². The molecule has 2 aromatic heterocycles. The maximum Gasteiger partial charge on any atom is 0.296 e. The van der Waals surface area contributed by atoms with Crippen LogP contribution in [0.2, 0.25) is 0 Å². The van der Waals surface area contributed by atoms with Crippen LogP contribution < -0.4 is 31.1 Å². The van der Waals surface area contributed by atoms with Crippen molar-refractivity contribution in [3.8, 4) is 0 Å². The second-order valence-electron chi connectivity index (χ2n) is 14.8. The van der Waals surface area contributed by atoms with Gasteiger partial charge < -0.3 is 51.5 Å². The Morgan fingerprint density at radius 2 is 1.00 bits per heavy atom. The molecule has 0 spiro atoms. The first-order valence-corrected chi connectivity index (χ1v) is 27.0. The topological polar surface area (TPSA) is 453 Å². The summed E-state index contributed by atoms with van der Waals surface area (Å²) < 4.78 is 113. The molecule has 13 N–H and O–H groups in total. The molecule has 0 aliphatic carbocycles. The van der Waals surface area contributed by atoms with Gasteiger partial charge in [-0.3, -0.25) is 13.7 Å². The minimum atomic E-state index is -4.92. The summed E-state index contributed by atoms with van der Waals surface area (Å²) in [4.78, 5) is 27.3. The molecule has 0 radical (unpaired) electrons. The summed E-state index contributed by atoms with van der Waals surface area (Å²) in [6.45, 7) is -1.82. The van der Waals surface area contributed by atoms with E-state index in [9.17, 15) is 59.3 Å². The van der Waals surface area contributed by atoms with Crippen molar-refractivity contribution in [1.82, 2.24) is 29.9 Å². The summed E-state index contributed by atoms with van der Waals surface area (Å²) in [6.07, 6.45) is 2.92. The Bertz CT molecular complexity index is 3320. The second kappa shape index (κ2) is 27.0. The molecule has 0 atom stereocenters. The van der Waals surface area contributed by atoms with Crippen LogP contribution in [-0.4, -0.2) is 152 Å². The predicted octanol–water partition coefficient (Wildman–Crippen LogP) is 3.38. The molecule has 0 saturated carbocycles. The molecular weight excluding hydrogens is 1110 g/mol. The lowest BCUT2D eigenvalue weighted by Crippen LogP contribution is -2.31. The number of hydrogen-bond donors (Lipinski definition) is 13. The average Bonchev–Trinajstić information content (AvgIpc) is 3.36. The van der Waals surface area contributed by atoms with Crippen molar-refractivity contribution in [3.63, 3.8) is 0 Å². The van der Waals surface area contributed by atoms with E-state index in [1.54, 1.807) is 24.3 Å². The third-order valence-electron chi connectivity index (χ3n) is 9.75. The zero-order chi connectivity index (χ0) is 55.0. The van der Waals surface area contributed by atoms with Crippen LogP contribution in [0.5, 0.6) is 0 Å². The summed E-state index contributed by atoms with van der Waals surface area (Å²) in [5.41, 5.74) is 0.597. The summed E-state index contributed by atoms with van der Waals surface area (Å²) in [5.74, 6) is -1.18. The largest absolute Gasteiger partial charge is 0.395 e. The highest BCUT2D eigenvalue weighted by Gasteiger charge is 2.22. The molecule has 31 nitrogen and oxygen atoms in total. The van der Waals surface area contributed by atoms with E-state index >= 15 is 0 Å². The minimum Gasteiger partial charge on any atom is -0.395 e. The molecule has 2 heterocycles. The van der Waals surface area contributed by atoms with E-state index in [4.69, 9.17) is 10.5 Å². The Kier molecular flexibility index (Phi) is 20.9. The van der Waals surface area contributed by atoms with Gasteiger partial charge in [0, 0.05) is 42.4 Å². The molecule has 6 aromatic rings. The number of benzene rings is 4. The predicted molar refractivity (Wildman–Crippen MR) is 271 cm³/mol. The molecular formula is C40H44N12O19S5. The van der Waals surface area contributed by atoms with Gasteiger partial charge in [-0.05, 0) is 71.8 Å². The van der Waals surface area contributed by atoms with Crippen LogP contribution >= 0.6 is 24.1 Å². The van der Waals surface area contributed by atoms with Gasteiger partial charge in [-0.2, -0.15) is 55.2 Å². The number of aromatic nitrogens is 6. The van der Waals surface area contributed by atoms with E-state index in [1.807, 2.05) is 0 Å². The van der Waals surface area contributed by atoms with Crippen LogP contribution in [0.4, 0.5) is 58.4 Å². The van der Waals surface area contributed by atoms with E-state index in [1.165, 1.54) is 52.3 Å². The monoisotopic (exact) mass is 1160 g/mol. The first-order chi connectivity index (χ1) is 36.2. The van der Waals surface area contributed by atoms with Crippen molar-refractivity contribution in [3.05, 3.63) is 90.0 Å². The fourth-order valence-corrected chi connectivity index (χ4v) is 9.18. The Labute approximate surface area is 439 Å². The van der Waals surface area contributed by atoms with Crippen molar-refractivity contribution < 1.29 is 88.6 Å². The van der Waals surface area contributed by atoms with Crippen molar-refractivity contribution in [2.45, 2.75) is 24.5 Å². The van der Waals surface area contributed by atoms with Gasteiger partial charge in [-0.25, -0.2) is 10.5 Å². The number of rotatable bonds is 29. The van der Waals surface area contributed by atoms with E-state index in [2.05, 4.69) is 69.9 Å². The zero-order valence-electron chi connectivity index (χ0n) is 38.5. The summed E-state index contributed by atoms with van der Waals surface area (Å²) in [6, 6.07) is 16.9. The molecule has 76 heavy (non-hydrogen) atoms. The Balaban J connectivity index is 1.28. The number of aliphatic hydroxyl groups is 4. The zero-order valence-corrected chi connectivity index (χ0v) is 42.6. The van der Waals surface area contributed by atoms with Gasteiger partial charge in [0.05, 0.1) is 71.7 Å². The van der Waals surface area contributed by atoms with Crippen LogP contribution in [0.3, 0.4) is 0 Å². The second-order valence-corrected chi connectivity index (χ2v) is 20.6. The lowest BCUT2D eigenvalue weighted by molar-refractivity contribution is -0.432. The van der Waals surface area contributed by atoms with Gasteiger partial charge >= 0.3 is 0 Å². The lowest BCUT2D eigenvalue weighted by atomic mass is 10.1. The fraction of sp³-hybridized carbons (Fsp3) is 0.200. The number of nitrogens with zero attached hydrogens (tertiary/aromatic N) is 8. The average molecular weight is 1160 g/mol. The number of hydrogen-bond acceptors (Lipinski definition) is 30. The van der Waals surface area contributed by atoms with Crippen molar-refractivity contribution in [2.75, 3.05) is 83.7 Å². The van der Waals surface area contributed by atoms with Gasteiger partial charge in [0.15, 0.2) is 0 Å². The van der Waals surface area contributed by atoms with E-state index in [-0.39, 0.29) is 107 Å². The first kappa shape index (κ1) is 58.7. The molecule has 408 valence electrons. The van der Waals surface area contributed by atoms with Crippen LogP contribution in [0.15, 0.2) is 103 Å². The smallest absolute Gasteiger partial charge is 0.296 e. The molecule has 4 aromatic carbocycles. The van der Waals surface area contributed by atoms with Crippen LogP contribution in [-0.2, 0) is 49.1 Å². The molecule has 0 saturated heterocycles. The molecule has 0 aliphatic heterocycles. The molecule has 6 rings (SSSR count). The van der Waals surface area contributed by atoms with Crippen molar-refractivity contribution >= 4 is 125 Å². The van der Waals surface area contributed by atoms with Crippen LogP contribution in [0.25, 0.3) is 12.2 Å². The van der Waals surface area contributed by atoms with Gasteiger partial charge in [0.2, 0.25) is 35.7 Å². The number of nitrogens with one attached hydrogen (secondary N) is 4. The van der Waals surface area contributed by atoms with E-state index in [0.717, 1.165) is 24.3 Å². The van der Waals surface area contributed by atoms with Gasteiger partial charge in [-0.1, -0.05) is 40.4 Å². The third kappa shape index (κ3) is 16.7. The van der Waals surface area contributed by atoms with Crippen molar-refractivity contribution in [2.24, 2.45) is 0 Å². The standard InChI is InChI=1S/C40H44N12O19S5/c53-17-13-51(14-18-54)39-47-35(45-38(50-39)44-31-22-28(72-70-68-57)9-12-33(31)75(62,63)64)41-26-6-2-24(3-7-26)1-4-25-5-8-27(21-34(25)76(65,66)67)42-36-46-37(49-40(48-36)52(15-19-55)16-20-56)43-30-23-29(74(59,60)61)10-11-32(30)73-71-69-58/h1-12,21-23,53-58H,13-20H2,(H,59,60,61)(H,62,63,64)(H,65,66,67)(H2,41,44,45,47,50)(H2,42,43,46,48,49)/b4-1+. The Hall–Kier alpha value is -6.53. The number of aliphatic hydroxyl groups excluding tert-OH is 4. The molecule has 0 fully saturated rings. The maximum absolute atomic E-state index is 12.8. The van der Waals surface area contributed by atoms with Gasteiger partial charge in [0.25, 0.3) is 30.4 Å². The van der Waals surface area contributed by atoms with Gasteiger partial charge in [-0.15, -0.1) is 8.67 Å². The highest BCUT2D eigenvalue weighted by Crippen LogP contribution is 2.34. The number of anilines is 10.